The van der Waals surface area contributed by atoms with Crippen LogP contribution in [0.3, 0.4) is 0 Å². The van der Waals surface area contributed by atoms with Crippen LogP contribution in [0, 0.1) is 17.3 Å². The predicted molar refractivity (Wildman–Crippen MR) is 89.8 cm³/mol. The Kier molecular flexibility index (Phi) is 2.77. The van der Waals surface area contributed by atoms with Crippen molar-refractivity contribution in [1.82, 2.24) is 0 Å². The van der Waals surface area contributed by atoms with Gasteiger partial charge in [0.2, 0.25) is 0 Å². The molecule has 4 atom stereocenters. The maximum absolute atomic E-state index is 5.01. The molecule has 0 N–H and O–H groups in total. The van der Waals surface area contributed by atoms with Crippen LogP contribution < -0.4 is 0 Å². The van der Waals surface area contributed by atoms with E-state index in [1.54, 1.807) is 0 Å². The second-order valence-corrected chi connectivity index (χ2v) is 8.15. The summed E-state index contributed by atoms with van der Waals surface area (Å²) in [6.07, 6.45) is 6.34. The summed E-state index contributed by atoms with van der Waals surface area (Å²) in [5.41, 5.74) is 2.52. The van der Waals surface area contributed by atoms with Gasteiger partial charge in [0.25, 0.3) is 0 Å². The Morgan fingerprint density at radius 3 is 2.41 bits per heavy atom. The van der Waals surface area contributed by atoms with E-state index in [2.05, 4.69) is 64.1 Å². The molecule has 1 aliphatic heterocycles. The maximum Gasteiger partial charge on any atom is 0.117 e. The van der Waals surface area contributed by atoms with E-state index in [1.807, 2.05) is 0 Å². The molecule has 1 aromatic rings. The van der Waals surface area contributed by atoms with Gasteiger partial charge < -0.3 is 0 Å². The molecule has 0 amide bonds. The van der Waals surface area contributed by atoms with Gasteiger partial charge in [0.05, 0.1) is 0 Å². The molecule has 2 bridgehead atoms. The zero-order valence-electron chi connectivity index (χ0n) is 14.1. The molecule has 2 nitrogen and oxygen atoms in total. The summed E-state index contributed by atoms with van der Waals surface area (Å²) in [5, 5.41) is 9.98. The van der Waals surface area contributed by atoms with Gasteiger partial charge in [-0.05, 0) is 44.1 Å². The van der Waals surface area contributed by atoms with E-state index in [4.69, 9.17) is 10.2 Å². The topological polar surface area (TPSA) is 24.7 Å². The summed E-state index contributed by atoms with van der Waals surface area (Å²) in [5.74, 6) is 1.29. The minimum atomic E-state index is -0.138. The average molecular weight is 294 g/mol. The standard InChI is InChI=1S/C20H26N2/c1-14(2)13-19-16-11-8-12-17(16)20(22-21-19,18(19,3)4)15-9-6-5-7-10-15/h5-7,9-10,13,16-17H,8,11-12H2,1-4H3/t16-,17+,19-,20+/m0/s1. The SMILES string of the molecule is CC(C)=C[C@]12N=N[C@](c3ccccc3)([C@@H]3CCC[C@@H]31)C2(C)C. The molecule has 4 rings (SSSR count). The number of allylic oxidation sites excluding steroid dienone is 1. The number of hydrogen-bond donors (Lipinski definition) is 0. The molecular weight excluding hydrogens is 268 g/mol. The molecule has 2 saturated carbocycles. The third-order valence-electron chi connectivity index (χ3n) is 6.67. The van der Waals surface area contributed by atoms with Gasteiger partial charge in [-0.25, -0.2) is 0 Å². The first-order valence-electron chi connectivity index (χ1n) is 8.61. The van der Waals surface area contributed by atoms with Crippen molar-refractivity contribution in [3.8, 4) is 0 Å². The lowest BCUT2D eigenvalue weighted by Gasteiger charge is -2.40. The molecule has 2 heteroatoms. The summed E-state index contributed by atoms with van der Waals surface area (Å²) < 4.78 is 0. The molecule has 3 aliphatic rings. The van der Waals surface area contributed by atoms with Crippen LogP contribution >= 0.6 is 0 Å². The lowest BCUT2D eigenvalue weighted by Crippen LogP contribution is -2.45. The average Bonchev–Trinajstić information content (AvgIpc) is 3.08. The fourth-order valence-electron chi connectivity index (χ4n) is 5.86. The van der Waals surface area contributed by atoms with Gasteiger partial charge in [-0.2, -0.15) is 10.2 Å². The minimum absolute atomic E-state index is 0.0361. The van der Waals surface area contributed by atoms with Crippen LogP contribution in [0.5, 0.6) is 0 Å². The number of nitrogens with zero attached hydrogens (tertiary/aromatic N) is 2. The van der Waals surface area contributed by atoms with Crippen LogP contribution in [0.25, 0.3) is 0 Å². The van der Waals surface area contributed by atoms with Crippen LogP contribution in [0.4, 0.5) is 0 Å². The molecule has 22 heavy (non-hydrogen) atoms. The molecule has 1 aromatic carbocycles. The van der Waals surface area contributed by atoms with Gasteiger partial charge in [-0.15, -0.1) is 0 Å². The molecule has 2 aliphatic carbocycles. The van der Waals surface area contributed by atoms with Gasteiger partial charge in [0.15, 0.2) is 0 Å². The van der Waals surface area contributed by atoms with Crippen molar-refractivity contribution >= 4 is 0 Å². The van der Waals surface area contributed by atoms with E-state index in [9.17, 15) is 0 Å². The lowest BCUT2D eigenvalue weighted by molar-refractivity contribution is 0.164. The molecule has 2 fully saturated rings. The Bertz CT molecular complexity index is 654. The molecule has 0 unspecified atom stereocenters. The molecular formula is C20H26N2. The Balaban J connectivity index is 1.98. The Morgan fingerprint density at radius 1 is 1.05 bits per heavy atom. The highest BCUT2D eigenvalue weighted by molar-refractivity contribution is 5.43. The zero-order chi connectivity index (χ0) is 15.6. The quantitative estimate of drug-likeness (QED) is 0.643. The van der Waals surface area contributed by atoms with Crippen molar-refractivity contribution in [2.24, 2.45) is 27.5 Å². The van der Waals surface area contributed by atoms with Crippen LogP contribution in [-0.4, -0.2) is 5.54 Å². The molecule has 1 heterocycles. The highest BCUT2D eigenvalue weighted by Crippen LogP contribution is 2.74. The first-order chi connectivity index (χ1) is 10.5. The smallest absolute Gasteiger partial charge is 0.117 e. The van der Waals surface area contributed by atoms with Gasteiger partial charge in [0.1, 0.15) is 11.1 Å². The Hall–Kier alpha value is -1.44. The third-order valence-corrected chi connectivity index (χ3v) is 6.67. The largest absolute Gasteiger partial charge is 0.181 e. The Labute approximate surface area is 133 Å². The molecule has 0 radical (unpaired) electrons. The normalized spacial score (nSPS) is 40.7. The summed E-state index contributed by atoms with van der Waals surface area (Å²) in [6.45, 7) is 9.20. The predicted octanol–water partition coefficient (Wildman–Crippen LogP) is 5.51. The molecule has 0 aromatic heterocycles. The van der Waals surface area contributed by atoms with Gasteiger partial charge in [-0.3, -0.25) is 0 Å². The van der Waals surface area contributed by atoms with E-state index in [1.165, 1.54) is 30.4 Å². The van der Waals surface area contributed by atoms with E-state index in [0.29, 0.717) is 11.8 Å². The van der Waals surface area contributed by atoms with Gasteiger partial charge >= 0.3 is 0 Å². The molecule has 0 spiro atoms. The zero-order valence-corrected chi connectivity index (χ0v) is 14.1. The number of rotatable bonds is 2. The van der Waals surface area contributed by atoms with Gasteiger partial charge in [-0.1, -0.05) is 62.2 Å². The monoisotopic (exact) mass is 294 g/mol. The highest BCUT2D eigenvalue weighted by Gasteiger charge is 2.76. The number of hydrogen-bond acceptors (Lipinski definition) is 2. The van der Waals surface area contributed by atoms with E-state index >= 15 is 0 Å². The first-order valence-corrected chi connectivity index (χ1v) is 8.61. The number of azo groups is 1. The Morgan fingerprint density at radius 2 is 1.73 bits per heavy atom. The second kappa shape index (κ2) is 4.31. The van der Waals surface area contributed by atoms with Crippen molar-refractivity contribution in [1.29, 1.82) is 0 Å². The first kappa shape index (κ1) is 14.2. The molecule has 0 saturated heterocycles. The highest BCUT2D eigenvalue weighted by atomic mass is 15.3. The van der Waals surface area contributed by atoms with Crippen LogP contribution in [0.15, 0.2) is 52.2 Å². The van der Waals surface area contributed by atoms with Gasteiger partial charge in [0, 0.05) is 5.41 Å². The number of fused-ring (bicyclic) bond motifs is 5. The summed E-state index contributed by atoms with van der Waals surface area (Å²) >= 11 is 0. The third kappa shape index (κ3) is 1.37. The second-order valence-electron chi connectivity index (χ2n) is 8.15. The van der Waals surface area contributed by atoms with E-state index < -0.39 is 0 Å². The lowest BCUT2D eigenvalue weighted by atomic mass is 9.63. The van der Waals surface area contributed by atoms with Crippen LogP contribution in [0.2, 0.25) is 0 Å². The van der Waals surface area contributed by atoms with Crippen LogP contribution in [0.1, 0.15) is 52.5 Å². The minimum Gasteiger partial charge on any atom is -0.181 e. The van der Waals surface area contributed by atoms with Crippen molar-refractivity contribution in [2.75, 3.05) is 0 Å². The summed E-state index contributed by atoms with van der Waals surface area (Å²) in [7, 11) is 0. The summed E-state index contributed by atoms with van der Waals surface area (Å²) in [4.78, 5) is 0. The fraction of sp³-hybridized carbons (Fsp3) is 0.600. The summed E-state index contributed by atoms with van der Waals surface area (Å²) in [6, 6.07) is 10.9. The van der Waals surface area contributed by atoms with Crippen molar-refractivity contribution in [2.45, 2.75) is 58.0 Å². The van der Waals surface area contributed by atoms with E-state index in [0.717, 1.165) is 0 Å². The maximum atomic E-state index is 5.01. The van der Waals surface area contributed by atoms with Crippen LogP contribution in [-0.2, 0) is 5.54 Å². The van der Waals surface area contributed by atoms with E-state index in [-0.39, 0.29) is 16.5 Å². The van der Waals surface area contributed by atoms with Crippen molar-refractivity contribution in [3.63, 3.8) is 0 Å². The number of benzene rings is 1. The molecule has 116 valence electrons. The fourth-order valence-corrected chi connectivity index (χ4v) is 5.86. The van der Waals surface area contributed by atoms with Crippen molar-refractivity contribution < 1.29 is 0 Å². The van der Waals surface area contributed by atoms with Crippen molar-refractivity contribution in [3.05, 3.63) is 47.5 Å².